The first kappa shape index (κ1) is 19.0. The van der Waals surface area contributed by atoms with Gasteiger partial charge in [0, 0.05) is 18.6 Å². The zero-order valence-electron chi connectivity index (χ0n) is 15.7. The Kier molecular flexibility index (Phi) is 6.14. The molecule has 0 aliphatic carbocycles. The molecule has 0 saturated heterocycles. The number of nitrogens with zero attached hydrogens (tertiary/aromatic N) is 2. The molecule has 0 radical (unpaired) electrons. The maximum Gasteiger partial charge on any atom is 0.214 e. The highest BCUT2D eigenvalue weighted by Crippen LogP contribution is 2.25. The molecule has 2 N–H and O–H groups in total. The average Bonchev–Trinajstić information content (AvgIpc) is 3.00. The molecule has 2 aromatic carbocycles. The topological polar surface area (TPSA) is 62.5 Å². The Labute approximate surface area is 164 Å². The third-order valence-corrected chi connectivity index (χ3v) is 4.57. The molecule has 27 heavy (non-hydrogen) atoms. The molecule has 5 nitrogen and oxygen atoms in total. The normalized spacial score (nSPS) is 11.5. The van der Waals surface area contributed by atoms with E-state index in [9.17, 15) is 0 Å². The minimum absolute atomic E-state index is 0.479. The molecule has 0 fully saturated rings. The van der Waals surface area contributed by atoms with E-state index < -0.39 is 0 Å². The van der Waals surface area contributed by atoms with Gasteiger partial charge in [-0.1, -0.05) is 48.0 Å². The first-order chi connectivity index (χ1) is 13.1. The molecular weight excluding hydrogens is 360 g/mol. The van der Waals surface area contributed by atoms with Crippen LogP contribution in [0.5, 0.6) is 0 Å². The van der Waals surface area contributed by atoms with E-state index in [0.717, 1.165) is 27.6 Å². The van der Waals surface area contributed by atoms with Crippen molar-refractivity contribution in [2.45, 2.75) is 26.9 Å². The van der Waals surface area contributed by atoms with E-state index in [1.807, 2.05) is 50.2 Å². The third-order valence-electron chi connectivity index (χ3n) is 4.32. The first-order valence-corrected chi connectivity index (χ1v) is 9.16. The standard InChI is InChI=1S/C21H23ClN4O/c1-14-15(2)27-20(26-14)13-25-21(23-3)24-12-17-6-4-5-7-19(17)16-8-10-18(22)11-9-16/h4-11H,12-13H2,1-3H3,(H2,23,24,25). The zero-order chi connectivity index (χ0) is 19.2. The van der Waals surface area contributed by atoms with Crippen LogP contribution in [-0.2, 0) is 13.1 Å². The number of halogens is 1. The number of rotatable bonds is 5. The van der Waals surface area contributed by atoms with Crippen molar-refractivity contribution in [2.24, 2.45) is 4.99 Å². The maximum atomic E-state index is 6.01. The summed E-state index contributed by atoms with van der Waals surface area (Å²) in [7, 11) is 1.74. The third kappa shape index (κ3) is 4.89. The van der Waals surface area contributed by atoms with Crippen LogP contribution in [0.15, 0.2) is 57.9 Å². The van der Waals surface area contributed by atoms with Gasteiger partial charge in [-0.25, -0.2) is 4.98 Å². The Balaban J connectivity index is 1.65. The Morgan fingerprint density at radius 2 is 1.74 bits per heavy atom. The predicted octanol–water partition coefficient (Wildman–Crippen LogP) is 4.48. The van der Waals surface area contributed by atoms with Crippen molar-refractivity contribution in [1.82, 2.24) is 15.6 Å². The van der Waals surface area contributed by atoms with Crippen LogP contribution in [-0.4, -0.2) is 18.0 Å². The molecule has 0 unspecified atom stereocenters. The van der Waals surface area contributed by atoms with Gasteiger partial charge in [-0.2, -0.15) is 0 Å². The van der Waals surface area contributed by atoms with Gasteiger partial charge in [0.25, 0.3) is 0 Å². The lowest BCUT2D eigenvalue weighted by molar-refractivity contribution is 0.463. The fourth-order valence-electron chi connectivity index (χ4n) is 2.76. The van der Waals surface area contributed by atoms with E-state index in [0.29, 0.717) is 24.9 Å². The van der Waals surface area contributed by atoms with Crippen molar-refractivity contribution in [3.05, 3.63) is 76.5 Å². The molecule has 0 bridgehead atoms. The van der Waals surface area contributed by atoms with E-state index in [1.54, 1.807) is 7.05 Å². The van der Waals surface area contributed by atoms with E-state index in [4.69, 9.17) is 16.0 Å². The van der Waals surface area contributed by atoms with Crippen LogP contribution >= 0.6 is 11.6 Å². The highest BCUT2D eigenvalue weighted by Gasteiger charge is 2.08. The number of aryl methyl sites for hydroxylation is 2. The molecule has 3 rings (SSSR count). The molecule has 0 aliphatic rings. The Morgan fingerprint density at radius 1 is 1.04 bits per heavy atom. The largest absolute Gasteiger partial charge is 0.444 e. The van der Waals surface area contributed by atoms with Crippen molar-refractivity contribution in [2.75, 3.05) is 7.05 Å². The molecule has 0 saturated carbocycles. The van der Waals surface area contributed by atoms with Crippen molar-refractivity contribution < 1.29 is 4.42 Å². The summed E-state index contributed by atoms with van der Waals surface area (Å²) in [6.07, 6.45) is 0. The SMILES string of the molecule is CN=C(NCc1nc(C)c(C)o1)NCc1ccccc1-c1ccc(Cl)cc1. The van der Waals surface area contributed by atoms with Crippen LogP contribution in [0, 0.1) is 13.8 Å². The van der Waals surface area contributed by atoms with Gasteiger partial charge in [0.15, 0.2) is 5.96 Å². The van der Waals surface area contributed by atoms with Gasteiger partial charge in [-0.05, 0) is 42.7 Å². The maximum absolute atomic E-state index is 6.01. The van der Waals surface area contributed by atoms with E-state index in [-0.39, 0.29) is 0 Å². The van der Waals surface area contributed by atoms with Gasteiger partial charge in [-0.3, -0.25) is 4.99 Å². The minimum atomic E-state index is 0.479. The highest BCUT2D eigenvalue weighted by molar-refractivity contribution is 6.30. The van der Waals surface area contributed by atoms with Crippen molar-refractivity contribution in [1.29, 1.82) is 0 Å². The second-order valence-corrected chi connectivity index (χ2v) is 6.63. The summed E-state index contributed by atoms with van der Waals surface area (Å²) in [5, 5.41) is 7.30. The number of benzene rings is 2. The monoisotopic (exact) mass is 382 g/mol. The number of aromatic nitrogens is 1. The second-order valence-electron chi connectivity index (χ2n) is 6.19. The predicted molar refractivity (Wildman–Crippen MR) is 110 cm³/mol. The fraction of sp³-hybridized carbons (Fsp3) is 0.238. The molecule has 140 valence electrons. The molecule has 3 aromatic rings. The Hall–Kier alpha value is -2.79. The Bertz CT molecular complexity index is 912. The summed E-state index contributed by atoms with van der Waals surface area (Å²) in [6.45, 7) is 4.96. The second kappa shape index (κ2) is 8.73. The van der Waals surface area contributed by atoms with Crippen LogP contribution in [0.25, 0.3) is 11.1 Å². The van der Waals surface area contributed by atoms with Crippen molar-refractivity contribution >= 4 is 17.6 Å². The summed E-state index contributed by atoms with van der Waals surface area (Å²) in [4.78, 5) is 8.64. The van der Waals surface area contributed by atoms with Crippen molar-refractivity contribution in [3.63, 3.8) is 0 Å². The number of aliphatic imine (C=N–C) groups is 1. The van der Waals surface area contributed by atoms with Gasteiger partial charge < -0.3 is 15.1 Å². The number of nitrogens with one attached hydrogen (secondary N) is 2. The number of hydrogen-bond donors (Lipinski definition) is 2. The lowest BCUT2D eigenvalue weighted by Crippen LogP contribution is -2.36. The number of oxazole rings is 1. The summed E-state index contributed by atoms with van der Waals surface area (Å²) in [5.41, 5.74) is 4.37. The lowest BCUT2D eigenvalue weighted by Gasteiger charge is -2.14. The summed E-state index contributed by atoms with van der Waals surface area (Å²) in [5.74, 6) is 2.18. The molecule has 1 aromatic heterocycles. The summed E-state index contributed by atoms with van der Waals surface area (Å²) < 4.78 is 5.59. The van der Waals surface area contributed by atoms with Crippen LogP contribution in [0.3, 0.4) is 0 Å². The average molecular weight is 383 g/mol. The van der Waals surface area contributed by atoms with Gasteiger partial charge in [-0.15, -0.1) is 0 Å². The molecule has 0 amide bonds. The minimum Gasteiger partial charge on any atom is -0.444 e. The first-order valence-electron chi connectivity index (χ1n) is 8.78. The summed E-state index contributed by atoms with van der Waals surface area (Å²) >= 11 is 6.01. The van der Waals surface area contributed by atoms with Gasteiger partial charge in [0.05, 0.1) is 12.2 Å². The highest BCUT2D eigenvalue weighted by atomic mass is 35.5. The van der Waals surface area contributed by atoms with Crippen LogP contribution in [0.4, 0.5) is 0 Å². The molecule has 0 atom stereocenters. The molecular formula is C21H23ClN4O. The van der Waals surface area contributed by atoms with Crippen molar-refractivity contribution in [3.8, 4) is 11.1 Å². The van der Waals surface area contributed by atoms with Crippen LogP contribution in [0.1, 0.15) is 22.9 Å². The molecule has 1 heterocycles. The van der Waals surface area contributed by atoms with Crippen LogP contribution < -0.4 is 10.6 Å². The van der Waals surface area contributed by atoms with E-state index >= 15 is 0 Å². The Morgan fingerprint density at radius 3 is 2.41 bits per heavy atom. The van der Waals surface area contributed by atoms with Crippen LogP contribution in [0.2, 0.25) is 5.02 Å². The zero-order valence-corrected chi connectivity index (χ0v) is 16.5. The smallest absolute Gasteiger partial charge is 0.214 e. The van der Waals surface area contributed by atoms with E-state index in [1.165, 1.54) is 5.56 Å². The van der Waals surface area contributed by atoms with Gasteiger partial charge in [0.2, 0.25) is 5.89 Å². The van der Waals surface area contributed by atoms with Gasteiger partial charge >= 0.3 is 0 Å². The molecule has 6 heteroatoms. The summed E-state index contributed by atoms with van der Waals surface area (Å²) in [6, 6.07) is 16.1. The quantitative estimate of drug-likeness (QED) is 0.504. The number of hydrogen-bond acceptors (Lipinski definition) is 3. The molecule has 0 aliphatic heterocycles. The number of guanidine groups is 1. The van der Waals surface area contributed by atoms with E-state index in [2.05, 4.69) is 32.7 Å². The molecule has 0 spiro atoms. The lowest BCUT2D eigenvalue weighted by atomic mass is 10.00. The van der Waals surface area contributed by atoms with Gasteiger partial charge in [0.1, 0.15) is 5.76 Å². The fourth-order valence-corrected chi connectivity index (χ4v) is 2.89.